The Hall–Kier alpha value is -3.19. The molecule has 1 aromatic carbocycles. The molecule has 2 aromatic heterocycles. The summed E-state index contributed by atoms with van der Waals surface area (Å²) in [5.41, 5.74) is 4.06. The van der Waals surface area contributed by atoms with Crippen molar-refractivity contribution in [2.24, 2.45) is 0 Å². The minimum atomic E-state index is -0.516. The van der Waals surface area contributed by atoms with Gasteiger partial charge >= 0.3 is 0 Å². The number of nitrogens with one attached hydrogen (secondary N) is 2. The second kappa shape index (κ2) is 7.57. The number of hydrogen-bond acceptors (Lipinski definition) is 4. The molecule has 30 heavy (non-hydrogen) atoms. The summed E-state index contributed by atoms with van der Waals surface area (Å²) < 4.78 is 0. The highest BCUT2D eigenvalue weighted by Crippen LogP contribution is 2.23. The van der Waals surface area contributed by atoms with E-state index in [-0.39, 0.29) is 11.8 Å². The smallest absolute Gasteiger partial charge is 0.246 e. The number of hydrogen-bond donors (Lipinski definition) is 2. The third-order valence-electron chi connectivity index (χ3n) is 6.10. The van der Waals surface area contributed by atoms with E-state index in [0.717, 1.165) is 34.4 Å². The summed E-state index contributed by atoms with van der Waals surface area (Å²) in [4.78, 5) is 37.8. The van der Waals surface area contributed by atoms with Gasteiger partial charge in [0.2, 0.25) is 11.8 Å². The van der Waals surface area contributed by atoms with Gasteiger partial charge in [-0.25, -0.2) is 0 Å². The number of pyridine rings is 1. The van der Waals surface area contributed by atoms with E-state index in [1.165, 1.54) is 0 Å². The van der Waals surface area contributed by atoms with Gasteiger partial charge in [-0.2, -0.15) is 0 Å². The molecule has 0 radical (unpaired) electrons. The zero-order valence-electron chi connectivity index (χ0n) is 17.0. The summed E-state index contributed by atoms with van der Waals surface area (Å²) in [6.45, 7) is 4.50. The number of rotatable bonds is 4. The fourth-order valence-electron chi connectivity index (χ4n) is 4.58. The van der Waals surface area contributed by atoms with E-state index in [0.29, 0.717) is 26.1 Å². The molecular formula is C23H25N5O2. The number of aromatic amines is 1. The Labute approximate surface area is 175 Å². The Morgan fingerprint density at radius 3 is 2.83 bits per heavy atom. The molecular weight excluding hydrogens is 378 g/mol. The molecule has 7 heteroatoms. The summed E-state index contributed by atoms with van der Waals surface area (Å²) in [6.07, 6.45) is 2.43. The predicted octanol–water partition coefficient (Wildman–Crippen LogP) is 1.63. The van der Waals surface area contributed by atoms with Crippen molar-refractivity contribution >= 4 is 22.7 Å². The van der Waals surface area contributed by atoms with Crippen LogP contribution in [0.3, 0.4) is 0 Å². The van der Waals surface area contributed by atoms with Crippen molar-refractivity contribution < 1.29 is 9.59 Å². The fourth-order valence-corrected chi connectivity index (χ4v) is 4.58. The fraction of sp³-hybridized carbons (Fsp3) is 0.348. The van der Waals surface area contributed by atoms with Crippen LogP contribution in [0.15, 0.2) is 48.7 Å². The van der Waals surface area contributed by atoms with Gasteiger partial charge in [-0.05, 0) is 30.7 Å². The van der Waals surface area contributed by atoms with Gasteiger partial charge in [-0.3, -0.25) is 19.5 Å². The van der Waals surface area contributed by atoms with Crippen molar-refractivity contribution in [1.82, 2.24) is 25.1 Å². The van der Waals surface area contributed by atoms with E-state index in [1.807, 2.05) is 55.6 Å². The van der Waals surface area contributed by atoms with Crippen molar-refractivity contribution in [3.8, 4) is 0 Å². The molecule has 0 unspecified atom stereocenters. The van der Waals surface area contributed by atoms with Gasteiger partial charge in [0.25, 0.3) is 0 Å². The maximum absolute atomic E-state index is 13.1. The minimum Gasteiger partial charge on any atom is -0.361 e. The first-order chi connectivity index (χ1) is 14.6. The summed E-state index contributed by atoms with van der Waals surface area (Å²) >= 11 is 0. The Kier molecular flexibility index (Phi) is 4.75. The molecule has 0 spiro atoms. The van der Waals surface area contributed by atoms with Crippen molar-refractivity contribution in [3.63, 3.8) is 0 Å². The number of fused-ring (bicyclic) bond motifs is 2. The van der Waals surface area contributed by atoms with Crippen LogP contribution < -0.4 is 5.32 Å². The normalized spacial score (nSPS) is 22.2. The number of H-pyrrole nitrogens is 1. The number of para-hydroxylation sites is 1. The number of nitrogens with zero attached hydrogens (tertiary/aromatic N) is 3. The zero-order valence-corrected chi connectivity index (χ0v) is 17.0. The first kappa shape index (κ1) is 18.8. The Morgan fingerprint density at radius 2 is 1.97 bits per heavy atom. The molecule has 2 aliphatic rings. The average molecular weight is 403 g/mol. The number of benzene rings is 1. The van der Waals surface area contributed by atoms with E-state index in [9.17, 15) is 9.59 Å². The second-order valence-electron chi connectivity index (χ2n) is 8.18. The quantitative estimate of drug-likeness (QED) is 0.694. The average Bonchev–Trinajstić information content (AvgIpc) is 3.15. The molecule has 0 saturated carbocycles. The molecule has 0 bridgehead atoms. The van der Waals surface area contributed by atoms with Crippen molar-refractivity contribution in [2.45, 2.75) is 32.0 Å². The lowest BCUT2D eigenvalue weighted by Crippen LogP contribution is -2.69. The monoisotopic (exact) mass is 403 g/mol. The van der Waals surface area contributed by atoms with Gasteiger partial charge in [0.15, 0.2) is 0 Å². The number of carbonyl (C=O) groups is 2. The van der Waals surface area contributed by atoms with Crippen LogP contribution >= 0.6 is 0 Å². The number of carbonyl (C=O) groups excluding carboxylic acids is 2. The molecule has 2 fully saturated rings. The number of piperazine rings is 2. The van der Waals surface area contributed by atoms with Gasteiger partial charge in [0.05, 0.1) is 5.69 Å². The molecule has 154 valence electrons. The van der Waals surface area contributed by atoms with Gasteiger partial charge in [0, 0.05) is 55.4 Å². The number of aryl methyl sites for hydroxylation is 1. The van der Waals surface area contributed by atoms with Crippen LogP contribution in [0.25, 0.3) is 10.9 Å². The Morgan fingerprint density at radius 1 is 1.10 bits per heavy atom. The van der Waals surface area contributed by atoms with Crippen molar-refractivity contribution in [3.05, 3.63) is 65.6 Å². The Bertz CT molecular complexity index is 1110. The molecule has 2 saturated heterocycles. The largest absolute Gasteiger partial charge is 0.361 e. The van der Waals surface area contributed by atoms with E-state index in [1.54, 1.807) is 4.90 Å². The van der Waals surface area contributed by atoms with Gasteiger partial charge in [-0.1, -0.05) is 24.3 Å². The van der Waals surface area contributed by atoms with Crippen LogP contribution in [0.2, 0.25) is 0 Å². The number of amides is 2. The highest BCUT2D eigenvalue weighted by atomic mass is 16.2. The highest BCUT2D eigenvalue weighted by Gasteiger charge is 2.43. The minimum absolute atomic E-state index is 0.0122. The molecule has 4 heterocycles. The van der Waals surface area contributed by atoms with Crippen LogP contribution in [-0.4, -0.2) is 63.3 Å². The summed E-state index contributed by atoms with van der Waals surface area (Å²) in [5, 5.41) is 4.07. The van der Waals surface area contributed by atoms with Crippen LogP contribution in [0, 0.1) is 6.92 Å². The van der Waals surface area contributed by atoms with Crippen LogP contribution in [0.1, 0.15) is 17.0 Å². The molecule has 5 rings (SSSR count). The lowest BCUT2D eigenvalue weighted by atomic mass is 9.98. The summed E-state index contributed by atoms with van der Waals surface area (Å²) in [6, 6.07) is 13.0. The molecule has 3 aromatic rings. The van der Waals surface area contributed by atoms with E-state index in [4.69, 9.17) is 0 Å². The zero-order chi connectivity index (χ0) is 20.7. The molecule has 0 aliphatic carbocycles. The highest BCUT2D eigenvalue weighted by molar-refractivity contribution is 5.98. The lowest BCUT2D eigenvalue weighted by molar-refractivity contribution is -0.153. The molecule has 2 N–H and O–H groups in total. The number of aromatic nitrogens is 2. The van der Waals surface area contributed by atoms with Gasteiger partial charge in [-0.15, -0.1) is 0 Å². The second-order valence-corrected chi connectivity index (χ2v) is 8.18. The van der Waals surface area contributed by atoms with E-state index < -0.39 is 12.1 Å². The lowest BCUT2D eigenvalue weighted by Gasteiger charge is -2.45. The van der Waals surface area contributed by atoms with Crippen molar-refractivity contribution in [2.75, 3.05) is 19.6 Å². The van der Waals surface area contributed by atoms with Gasteiger partial charge in [0.1, 0.15) is 12.1 Å². The molecule has 7 nitrogen and oxygen atoms in total. The third-order valence-corrected chi connectivity index (χ3v) is 6.10. The topological polar surface area (TPSA) is 81.3 Å². The molecule has 2 amide bonds. The van der Waals surface area contributed by atoms with Crippen molar-refractivity contribution in [1.29, 1.82) is 0 Å². The van der Waals surface area contributed by atoms with Crippen LogP contribution in [-0.2, 0) is 22.6 Å². The van der Waals surface area contributed by atoms with E-state index >= 15 is 0 Å². The predicted molar refractivity (Wildman–Crippen MR) is 114 cm³/mol. The van der Waals surface area contributed by atoms with Crippen LogP contribution in [0.4, 0.5) is 0 Å². The third kappa shape index (κ3) is 3.45. The maximum atomic E-state index is 13.1. The molecule has 2 atom stereocenters. The van der Waals surface area contributed by atoms with Gasteiger partial charge < -0.3 is 15.2 Å². The summed E-state index contributed by atoms with van der Waals surface area (Å²) in [7, 11) is 0. The first-order valence-corrected chi connectivity index (χ1v) is 10.4. The SMILES string of the molecule is Cc1cccc(CN2CCN3C(=O)[C@H](Cc4c[nH]c5ccccc45)NC(=O)[C@H]3C2)n1. The standard InChI is InChI=1S/C23H25N5O2/c1-15-5-4-6-17(25-15)13-27-9-10-28-21(14-27)22(29)26-20(23(28)30)11-16-12-24-19-8-3-2-7-18(16)19/h2-8,12,20-21,24H,9-11,13-14H2,1H3,(H,26,29)/t20-,21+/m0/s1. The summed E-state index contributed by atoms with van der Waals surface area (Å²) in [5.74, 6) is -0.0560. The van der Waals surface area contributed by atoms with Crippen LogP contribution in [0.5, 0.6) is 0 Å². The maximum Gasteiger partial charge on any atom is 0.246 e. The first-order valence-electron chi connectivity index (χ1n) is 10.4. The Balaban J connectivity index is 1.28. The molecule has 2 aliphatic heterocycles. The van der Waals surface area contributed by atoms with E-state index in [2.05, 4.69) is 20.2 Å².